The molecule has 5 atom stereocenters. The van der Waals surface area contributed by atoms with Crippen LogP contribution in [0.3, 0.4) is 0 Å². The number of hydrogen-bond donors (Lipinski definition) is 1. The normalized spacial score (nSPS) is 31.8. The quantitative estimate of drug-likeness (QED) is 0.932. The molecule has 1 fully saturated rings. The fraction of sp³-hybridized carbons (Fsp3) is 0.529. The van der Waals surface area contributed by atoms with Gasteiger partial charge in [0.15, 0.2) is 0 Å². The summed E-state index contributed by atoms with van der Waals surface area (Å²) in [4.78, 5) is 0. The maximum Gasteiger partial charge on any atom is 0.0597 e. The van der Waals surface area contributed by atoms with Crippen LogP contribution in [0, 0.1) is 11.8 Å². The molecule has 1 aromatic heterocycles. The van der Waals surface area contributed by atoms with Crippen molar-refractivity contribution in [1.82, 2.24) is 0 Å². The molecule has 2 heterocycles. The fourth-order valence-corrected chi connectivity index (χ4v) is 4.59. The molecular formula is C17H23NOS. The first-order valence-electron chi connectivity index (χ1n) is 7.44. The van der Waals surface area contributed by atoms with E-state index in [1.807, 2.05) is 11.3 Å². The summed E-state index contributed by atoms with van der Waals surface area (Å²) in [6.07, 6.45) is 1.53. The molecule has 108 valence electrons. The van der Waals surface area contributed by atoms with E-state index in [1.54, 1.807) is 0 Å². The minimum absolute atomic E-state index is 0.169. The predicted octanol–water partition coefficient (Wildman–Crippen LogP) is 3.83. The van der Waals surface area contributed by atoms with Gasteiger partial charge in [0, 0.05) is 16.7 Å². The summed E-state index contributed by atoms with van der Waals surface area (Å²) in [6, 6.07) is 8.76. The number of ether oxygens (including phenoxy) is 1. The van der Waals surface area contributed by atoms with Crippen LogP contribution in [0.2, 0.25) is 0 Å². The van der Waals surface area contributed by atoms with Crippen molar-refractivity contribution in [3.8, 4) is 0 Å². The number of fused-ring (bicyclic) bond motifs is 1. The minimum atomic E-state index is 0.169. The standard InChI is InChI=1S/C17H23NOS/c1-10-11(2)19-12(3)17(10)15(18)8-13-9-20-16-7-5-4-6-14(13)16/h4-7,9-12,15,17H,8,18H2,1-3H3. The summed E-state index contributed by atoms with van der Waals surface area (Å²) in [5.74, 6) is 0.980. The Kier molecular flexibility index (Phi) is 3.85. The van der Waals surface area contributed by atoms with Gasteiger partial charge in [0.05, 0.1) is 12.2 Å². The summed E-state index contributed by atoms with van der Waals surface area (Å²) < 4.78 is 7.29. The van der Waals surface area contributed by atoms with Gasteiger partial charge in [-0.15, -0.1) is 11.3 Å². The topological polar surface area (TPSA) is 35.2 Å². The minimum Gasteiger partial charge on any atom is -0.375 e. The Morgan fingerprint density at radius 2 is 1.95 bits per heavy atom. The van der Waals surface area contributed by atoms with Gasteiger partial charge in [-0.2, -0.15) is 0 Å². The van der Waals surface area contributed by atoms with Gasteiger partial charge in [-0.25, -0.2) is 0 Å². The summed E-state index contributed by atoms with van der Waals surface area (Å²) >= 11 is 1.81. The van der Waals surface area contributed by atoms with Gasteiger partial charge in [-0.1, -0.05) is 25.1 Å². The molecule has 1 saturated heterocycles. The number of hydrogen-bond acceptors (Lipinski definition) is 3. The Balaban J connectivity index is 1.80. The van der Waals surface area contributed by atoms with Gasteiger partial charge in [0.1, 0.15) is 0 Å². The highest BCUT2D eigenvalue weighted by Gasteiger charge is 2.40. The Morgan fingerprint density at radius 3 is 2.65 bits per heavy atom. The SMILES string of the molecule is CC1OC(C)C(C(N)Cc2csc3ccccc23)C1C. The molecule has 0 amide bonds. The van der Waals surface area contributed by atoms with Gasteiger partial charge in [0.2, 0.25) is 0 Å². The molecule has 1 aliphatic rings. The Morgan fingerprint density at radius 1 is 1.20 bits per heavy atom. The summed E-state index contributed by atoms with van der Waals surface area (Å²) in [5.41, 5.74) is 7.92. The molecule has 3 heteroatoms. The van der Waals surface area contributed by atoms with Crippen LogP contribution < -0.4 is 5.73 Å². The first kappa shape index (κ1) is 14.1. The molecule has 0 aliphatic carbocycles. The van der Waals surface area contributed by atoms with Gasteiger partial charge < -0.3 is 10.5 Å². The van der Waals surface area contributed by atoms with Crippen LogP contribution in [0.15, 0.2) is 29.6 Å². The van der Waals surface area contributed by atoms with Crippen molar-refractivity contribution in [2.45, 2.75) is 45.4 Å². The lowest BCUT2D eigenvalue weighted by Gasteiger charge is -2.25. The zero-order valence-corrected chi connectivity index (χ0v) is 13.2. The highest BCUT2D eigenvalue weighted by Crippen LogP contribution is 2.36. The van der Waals surface area contributed by atoms with Crippen molar-refractivity contribution < 1.29 is 4.74 Å². The molecule has 2 N–H and O–H groups in total. The average molecular weight is 289 g/mol. The number of thiophene rings is 1. The van der Waals surface area contributed by atoms with E-state index in [0.29, 0.717) is 17.9 Å². The van der Waals surface area contributed by atoms with E-state index in [-0.39, 0.29) is 12.1 Å². The van der Waals surface area contributed by atoms with Crippen LogP contribution in [0.4, 0.5) is 0 Å². The van der Waals surface area contributed by atoms with Crippen LogP contribution >= 0.6 is 11.3 Å². The lowest BCUT2D eigenvalue weighted by molar-refractivity contribution is 0.0490. The predicted molar refractivity (Wildman–Crippen MR) is 86.2 cm³/mol. The molecule has 2 nitrogen and oxygen atoms in total. The number of benzene rings is 1. The third kappa shape index (κ3) is 2.39. The summed E-state index contributed by atoms with van der Waals surface area (Å²) in [5, 5.41) is 3.62. The zero-order valence-electron chi connectivity index (χ0n) is 12.4. The zero-order chi connectivity index (χ0) is 14.3. The van der Waals surface area contributed by atoms with Crippen molar-refractivity contribution in [2.24, 2.45) is 17.6 Å². The van der Waals surface area contributed by atoms with Crippen molar-refractivity contribution in [3.05, 3.63) is 35.2 Å². The van der Waals surface area contributed by atoms with Gasteiger partial charge in [-0.05, 0) is 48.6 Å². The molecule has 0 radical (unpaired) electrons. The van der Waals surface area contributed by atoms with Crippen LogP contribution in [0.5, 0.6) is 0 Å². The Hall–Kier alpha value is -0.900. The summed E-state index contributed by atoms with van der Waals surface area (Å²) in [7, 11) is 0. The average Bonchev–Trinajstić information content (AvgIpc) is 2.92. The third-order valence-corrected chi connectivity index (χ3v) is 5.84. The van der Waals surface area contributed by atoms with Crippen LogP contribution in [-0.2, 0) is 11.2 Å². The maximum absolute atomic E-state index is 6.53. The molecule has 20 heavy (non-hydrogen) atoms. The molecule has 3 rings (SSSR count). The van der Waals surface area contributed by atoms with E-state index >= 15 is 0 Å². The Bertz CT molecular complexity index is 593. The summed E-state index contributed by atoms with van der Waals surface area (Å²) in [6.45, 7) is 6.59. The molecule has 0 saturated carbocycles. The molecular weight excluding hydrogens is 266 g/mol. The largest absolute Gasteiger partial charge is 0.375 e. The van der Waals surface area contributed by atoms with Crippen molar-refractivity contribution in [3.63, 3.8) is 0 Å². The lowest BCUT2D eigenvalue weighted by Crippen LogP contribution is -2.39. The number of rotatable bonds is 3. The highest BCUT2D eigenvalue weighted by molar-refractivity contribution is 7.17. The van der Waals surface area contributed by atoms with E-state index < -0.39 is 0 Å². The van der Waals surface area contributed by atoms with E-state index in [2.05, 4.69) is 50.4 Å². The van der Waals surface area contributed by atoms with Crippen molar-refractivity contribution in [2.75, 3.05) is 0 Å². The van der Waals surface area contributed by atoms with E-state index in [1.165, 1.54) is 15.6 Å². The van der Waals surface area contributed by atoms with Gasteiger partial charge in [0.25, 0.3) is 0 Å². The van der Waals surface area contributed by atoms with Crippen LogP contribution in [0.25, 0.3) is 10.1 Å². The van der Waals surface area contributed by atoms with E-state index in [9.17, 15) is 0 Å². The van der Waals surface area contributed by atoms with E-state index in [0.717, 1.165) is 6.42 Å². The smallest absolute Gasteiger partial charge is 0.0597 e. The van der Waals surface area contributed by atoms with Gasteiger partial charge >= 0.3 is 0 Å². The van der Waals surface area contributed by atoms with E-state index in [4.69, 9.17) is 10.5 Å². The molecule has 2 aromatic rings. The molecule has 1 aliphatic heterocycles. The van der Waals surface area contributed by atoms with Crippen molar-refractivity contribution in [1.29, 1.82) is 0 Å². The van der Waals surface area contributed by atoms with Crippen LogP contribution in [0.1, 0.15) is 26.3 Å². The second kappa shape index (κ2) is 5.47. The fourth-order valence-electron chi connectivity index (χ4n) is 3.61. The monoisotopic (exact) mass is 289 g/mol. The first-order valence-corrected chi connectivity index (χ1v) is 8.32. The van der Waals surface area contributed by atoms with Crippen LogP contribution in [-0.4, -0.2) is 18.2 Å². The second-order valence-electron chi connectivity index (χ2n) is 6.11. The third-order valence-electron chi connectivity index (χ3n) is 4.83. The Labute approximate surface area is 124 Å². The first-order chi connectivity index (χ1) is 9.58. The molecule has 0 bridgehead atoms. The highest BCUT2D eigenvalue weighted by atomic mass is 32.1. The lowest BCUT2D eigenvalue weighted by atomic mass is 9.81. The second-order valence-corrected chi connectivity index (χ2v) is 7.02. The molecule has 1 aromatic carbocycles. The molecule has 0 spiro atoms. The van der Waals surface area contributed by atoms with Gasteiger partial charge in [-0.3, -0.25) is 0 Å². The van der Waals surface area contributed by atoms with Crippen molar-refractivity contribution >= 4 is 21.4 Å². The number of nitrogens with two attached hydrogens (primary N) is 1. The molecule has 5 unspecified atom stereocenters. The maximum atomic E-state index is 6.53.